The van der Waals surface area contributed by atoms with Gasteiger partial charge in [-0.3, -0.25) is 0 Å². The van der Waals surface area contributed by atoms with Crippen LogP contribution < -0.4 is 18.9 Å². The number of ether oxygens (including phenoxy) is 4. The summed E-state index contributed by atoms with van der Waals surface area (Å²) < 4.78 is 22.0. The zero-order valence-corrected chi connectivity index (χ0v) is 19.2. The maximum atomic E-state index is 8.80. The lowest BCUT2D eigenvalue weighted by Gasteiger charge is -2.12. The normalized spacial score (nSPS) is 11.0. The van der Waals surface area contributed by atoms with E-state index < -0.39 is 0 Å². The van der Waals surface area contributed by atoms with Crippen LogP contribution in [0.15, 0.2) is 36.4 Å². The van der Waals surface area contributed by atoms with Gasteiger partial charge in [0.15, 0.2) is 28.7 Å². The Morgan fingerprint density at radius 1 is 0.812 bits per heavy atom. The zero-order chi connectivity index (χ0) is 23.2. The molecule has 2 rings (SSSR count). The largest absolute Gasteiger partial charge is 0.493 e. The fourth-order valence-electron chi connectivity index (χ4n) is 3.33. The molecule has 0 fully saturated rings. The van der Waals surface area contributed by atoms with Crippen LogP contribution in [-0.2, 0) is 0 Å². The number of aliphatic hydroxyl groups is 1. The molecule has 0 aromatic heterocycles. The minimum Gasteiger partial charge on any atom is -0.493 e. The van der Waals surface area contributed by atoms with Gasteiger partial charge in [-0.2, -0.15) is 0 Å². The van der Waals surface area contributed by atoms with E-state index in [1.165, 1.54) is 0 Å². The molecule has 0 saturated carbocycles. The second kappa shape index (κ2) is 14.0. The summed E-state index contributed by atoms with van der Waals surface area (Å²) in [7, 11) is 4.77. The molecule has 2 aromatic rings. The molecule has 2 aromatic carbocycles. The Kier molecular flexibility index (Phi) is 11.0. The number of hydrogen-bond donors (Lipinski definition) is 1. The van der Waals surface area contributed by atoms with E-state index in [1.807, 2.05) is 30.3 Å². The average Bonchev–Trinajstić information content (AvgIpc) is 2.84. The monoisotopic (exact) mass is 439 g/mol. The summed E-state index contributed by atoms with van der Waals surface area (Å²) in [6, 6.07) is 11.1. The molecule has 6 heteroatoms. The second-order valence-electron chi connectivity index (χ2n) is 7.31. The van der Waals surface area contributed by atoms with Gasteiger partial charge in [-0.25, -0.2) is 4.85 Å². The van der Waals surface area contributed by atoms with E-state index in [9.17, 15) is 0 Å². The molecule has 0 aliphatic rings. The van der Waals surface area contributed by atoms with Crippen LogP contribution in [0.5, 0.6) is 23.0 Å². The van der Waals surface area contributed by atoms with Gasteiger partial charge >= 0.3 is 0 Å². The molecule has 172 valence electrons. The van der Waals surface area contributed by atoms with Crippen LogP contribution in [0, 0.1) is 6.57 Å². The van der Waals surface area contributed by atoms with Crippen molar-refractivity contribution >= 4 is 11.8 Å². The van der Waals surface area contributed by atoms with Crippen LogP contribution in [0.2, 0.25) is 0 Å². The molecule has 32 heavy (non-hydrogen) atoms. The molecular weight excluding hydrogens is 406 g/mol. The van der Waals surface area contributed by atoms with Crippen LogP contribution in [0.3, 0.4) is 0 Å². The van der Waals surface area contributed by atoms with Crippen LogP contribution in [-0.4, -0.2) is 39.6 Å². The average molecular weight is 440 g/mol. The lowest BCUT2D eigenvalue weighted by Crippen LogP contribution is -1.99. The van der Waals surface area contributed by atoms with Gasteiger partial charge in [0.05, 0.1) is 34.5 Å². The summed E-state index contributed by atoms with van der Waals surface area (Å²) in [4.78, 5) is 3.69. The highest BCUT2D eigenvalue weighted by Crippen LogP contribution is 2.33. The fourth-order valence-corrected chi connectivity index (χ4v) is 3.33. The molecule has 0 radical (unpaired) electrons. The van der Waals surface area contributed by atoms with Crippen molar-refractivity contribution in [2.24, 2.45) is 0 Å². The SMILES string of the molecule is [C-]#[N+]/C(=C\c1ccc(OCCCCCCCCO)c(OC)c1)c1ccc(OC)c(OC)c1. The molecule has 0 aliphatic heterocycles. The Morgan fingerprint density at radius 3 is 2.09 bits per heavy atom. The molecule has 0 atom stereocenters. The highest BCUT2D eigenvalue weighted by atomic mass is 16.5. The summed E-state index contributed by atoms with van der Waals surface area (Å²) in [5.41, 5.74) is 2.08. The lowest BCUT2D eigenvalue weighted by atomic mass is 10.1. The molecule has 0 spiro atoms. The highest BCUT2D eigenvalue weighted by molar-refractivity contribution is 5.86. The van der Waals surface area contributed by atoms with Gasteiger partial charge in [-0.05, 0) is 54.3 Å². The standard InChI is InChI=1S/C26H33NO5/c1-27-22(21-12-14-23(29-2)26(19-21)31-4)17-20-11-13-24(25(18-20)30-3)32-16-10-8-6-5-7-9-15-28/h11-14,17-19,28H,5-10,15-16H2,2-4H3/b22-17-. The number of methoxy groups -OCH3 is 3. The number of aliphatic hydroxyl groups excluding tert-OH is 1. The topological polar surface area (TPSA) is 61.5 Å². The van der Waals surface area contributed by atoms with E-state index in [2.05, 4.69) is 4.85 Å². The smallest absolute Gasteiger partial charge is 0.195 e. The summed E-state index contributed by atoms with van der Waals surface area (Å²) in [6.07, 6.45) is 8.16. The first-order valence-corrected chi connectivity index (χ1v) is 10.9. The molecule has 6 nitrogen and oxygen atoms in total. The quantitative estimate of drug-likeness (QED) is 0.228. The first kappa shape index (κ1) is 25.1. The number of nitrogens with zero attached hydrogens (tertiary/aromatic N) is 1. The van der Waals surface area contributed by atoms with Crippen molar-refractivity contribution in [1.82, 2.24) is 0 Å². The van der Waals surface area contributed by atoms with Crippen LogP contribution in [0.4, 0.5) is 0 Å². The van der Waals surface area contributed by atoms with Gasteiger partial charge in [0, 0.05) is 6.61 Å². The van der Waals surface area contributed by atoms with Crippen molar-refractivity contribution < 1.29 is 24.1 Å². The summed E-state index contributed by atoms with van der Waals surface area (Å²) in [5.74, 6) is 2.53. The third-order valence-corrected chi connectivity index (χ3v) is 5.10. The van der Waals surface area contributed by atoms with Crippen molar-refractivity contribution in [3.8, 4) is 23.0 Å². The van der Waals surface area contributed by atoms with Gasteiger partial charge < -0.3 is 24.1 Å². The zero-order valence-electron chi connectivity index (χ0n) is 19.2. The van der Waals surface area contributed by atoms with Crippen molar-refractivity contribution in [3.63, 3.8) is 0 Å². The molecule has 0 unspecified atom stereocenters. The summed E-state index contributed by atoms with van der Waals surface area (Å²) in [6.45, 7) is 8.52. The van der Waals surface area contributed by atoms with E-state index in [4.69, 9.17) is 30.6 Å². The van der Waals surface area contributed by atoms with Gasteiger partial charge in [0.1, 0.15) is 0 Å². The predicted molar refractivity (Wildman–Crippen MR) is 127 cm³/mol. The van der Waals surface area contributed by atoms with Crippen molar-refractivity contribution in [2.75, 3.05) is 34.5 Å². The first-order chi connectivity index (χ1) is 15.7. The number of benzene rings is 2. The van der Waals surface area contributed by atoms with E-state index in [1.54, 1.807) is 33.5 Å². The molecule has 0 bridgehead atoms. The van der Waals surface area contributed by atoms with Crippen molar-refractivity contribution in [3.05, 3.63) is 58.9 Å². The van der Waals surface area contributed by atoms with E-state index in [0.717, 1.165) is 49.7 Å². The van der Waals surface area contributed by atoms with Crippen LogP contribution >= 0.6 is 0 Å². The third kappa shape index (κ3) is 7.51. The van der Waals surface area contributed by atoms with Crippen LogP contribution in [0.25, 0.3) is 16.6 Å². The molecule has 1 N–H and O–H groups in total. The minimum atomic E-state index is 0.278. The number of rotatable bonds is 14. The Bertz CT molecular complexity index is 917. The Labute approximate surface area is 191 Å². The Hall–Kier alpha value is -3.17. The van der Waals surface area contributed by atoms with E-state index in [0.29, 0.717) is 35.3 Å². The molecule has 0 heterocycles. The minimum absolute atomic E-state index is 0.278. The van der Waals surface area contributed by atoms with Gasteiger partial charge in [-0.1, -0.05) is 37.8 Å². The fraction of sp³-hybridized carbons (Fsp3) is 0.423. The maximum Gasteiger partial charge on any atom is 0.195 e. The Balaban J connectivity index is 2.04. The van der Waals surface area contributed by atoms with E-state index in [-0.39, 0.29) is 6.61 Å². The van der Waals surface area contributed by atoms with Gasteiger partial charge in [-0.15, -0.1) is 0 Å². The second-order valence-corrected chi connectivity index (χ2v) is 7.31. The predicted octanol–water partition coefficient (Wildman–Crippen LogP) is 5.84. The number of hydrogen-bond acceptors (Lipinski definition) is 5. The van der Waals surface area contributed by atoms with Gasteiger partial charge in [0.2, 0.25) is 0 Å². The Morgan fingerprint density at radius 2 is 1.44 bits per heavy atom. The van der Waals surface area contributed by atoms with Crippen LogP contribution in [0.1, 0.15) is 49.7 Å². The number of unbranched alkanes of at least 4 members (excludes halogenated alkanes) is 5. The van der Waals surface area contributed by atoms with Crippen molar-refractivity contribution in [1.29, 1.82) is 0 Å². The third-order valence-electron chi connectivity index (χ3n) is 5.10. The maximum absolute atomic E-state index is 8.80. The molecule has 0 aliphatic carbocycles. The molecule has 0 amide bonds. The van der Waals surface area contributed by atoms with Gasteiger partial charge in [0.25, 0.3) is 0 Å². The summed E-state index contributed by atoms with van der Waals surface area (Å²) in [5, 5.41) is 8.80. The molecular formula is C26H33NO5. The lowest BCUT2D eigenvalue weighted by molar-refractivity contribution is 0.277. The molecule has 0 saturated heterocycles. The van der Waals surface area contributed by atoms with Crippen molar-refractivity contribution in [2.45, 2.75) is 38.5 Å². The summed E-state index contributed by atoms with van der Waals surface area (Å²) >= 11 is 0. The van der Waals surface area contributed by atoms with E-state index >= 15 is 0 Å². The highest BCUT2D eigenvalue weighted by Gasteiger charge is 2.10. The first-order valence-electron chi connectivity index (χ1n) is 10.9.